The summed E-state index contributed by atoms with van der Waals surface area (Å²) >= 11 is 0. The van der Waals surface area contributed by atoms with Gasteiger partial charge in [-0.2, -0.15) is 5.26 Å². The molecule has 1 N–H and O–H groups in total. The minimum absolute atomic E-state index is 0.0920. The lowest BCUT2D eigenvalue weighted by Gasteiger charge is -2.23. The molecule has 0 aliphatic heterocycles. The van der Waals surface area contributed by atoms with E-state index in [-0.39, 0.29) is 11.5 Å². The average Bonchev–Trinajstić information content (AvgIpc) is 2.69. The monoisotopic (exact) mass is 375 g/mol. The molecule has 0 fully saturated rings. The van der Waals surface area contributed by atoms with Gasteiger partial charge in [0.05, 0.1) is 0 Å². The number of anilines is 2. The Labute approximate surface area is 168 Å². The molecule has 0 saturated carbocycles. The molecule has 0 spiro atoms. The first-order valence-corrected chi connectivity index (χ1v) is 9.84. The molecule has 146 valence electrons. The van der Waals surface area contributed by atoms with Gasteiger partial charge in [0.2, 0.25) is 0 Å². The topological polar surface area (TPSA) is 56.1 Å². The van der Waals surface area contributed by atoms with Crippen molar-refractivity contribution in [1.82, 2.24) is 0 Å². The molecule has 2 rings (SSSR count). The maximum atomic E-state index is 12.6. The SMILES string of the molecule is CCCN(CCC)c1ccc(/C=C(\C#N)C(=O)Nc2c(C)cccc2C)cc1. The summed E-state index contributed by atoms with van der Waals surface area (Å²) in [6, 6.07) is 15.9. The van der Waals surface area contributed by atoms with Crippen molar-refractivity contribution in [2.24, 2.45) is 0 Å². The van der Waals surface area contributed by atoms with E-state index in [0.29, 0.717) is 0 Å². The molecule has 0 heterocycles. The van der Waals surface area contributed by atoms with Crippen LogP contribution in [0.3, 0.4) is 0 Å². The van der Waals surface area contributed by atoms with Crippen molar-refractivity contribution >= 4 is 23.4 Å². The van der Waals surface area contributed by atoms with E-state index in [1.165, 1.54) is 5.69 Å². The molecule has 0 saturated heterocycles. The smallest absolute Gasteiger partial charge is 0.266 e. The zero-order valence-electron chi connectivity index (χ0n) is 17.2. The van der Waals surface area contributed by atoms with Crippen LogP contribution in [-0.2, 0) is 4.79 Å². The van der Waals surface area contributed by atoms with Crippen LogP contribution in [0.2, 0.25) is 0 Å². The van der Waals surface area contributed by atoms with Crippen LogP contribution >= 0.6 is 0 Å². The van der Waals surface area contributed by atoms with Crippen molar-refractivity contribution in [3.63, 3.8) is 0 Å². The van der Waals surface area contributed by atoms with Gasteiger partial charge < -0.3 is 10.2 Å². The third-order valence-corrected chi connectivity index (χ3v) is 4.64. The third-order valence-electron chi connectivity index (χ3n) is 4.64. The predicted octanol–water partition coefficient (Wildman–Crippen LogP) is 5.48. The van der Waals surface area contributed by atoms with Gasteiger partial charge in [0.1, 0.15) is 11.6 Å². The number of rotatable bonds is 8. The van der Waals surface area contributed by atoms with Gasteiger partial charge in [0, 0.05) is 24.5 Å². The quantitative estimate of drug-likeness (QED) is 0.491. The van der Waals surface area contributed by atoms with E-state index in [0.717, 1.165) is 48.3 Å². The molecule has 28 heavy (non-hydrogen) atoms. The van der Waals surface area contributed by atoms with Crippen LogP contribution < -0.4 is 10.2 Å². The summed E-state index contributed by atoms with van der Waals surface area (Å²) in [4.78, 5) is 14.9. The third kappa shape index (κ3) is 5.47. The van der Waals surface area contributed by atoms with Gasteiger partial charge in [-0.25, -0.2) is 0 Å². The molecular formula is C24H29N3O. The van der Waals surface area contributed by atoms with Crippen molar-refractivity contribution < 1.29 is 4.79 Å². The van der Waals surface area contributed by atoms with Crippen LogP contribution in [0.25, 0.3) is 6.08 Å². The molecule has 1 amide bonds. The standard InChI is InChI=1S/C24H29N3O/c1-5-14-27(15-6-2)22-12-10-20(11-13-22)16-21(17-25)24(28)26-23-18(3)8-7-9-19(23)4/h7-13,16H,5-6,14-15H2,1-4H3,(H,26,28)/b21-16+. The van der Waals surface area contributed by atoms with E-state index in [1.54, 1.807) is 6.08 Å². The van der Waals surface area contributed by atoms with E-state index in [1.807, 2.05) is 50.2 Å². The molecule has 0 unspecified atom stereocenters. The fourth-order valence-electron chi connectivity index (χ4n) is 3.20. The van der Waals surface area contributed by atoms with Crippen molar-refractivity contribution in [1.29, 1.82) is 5.26 Å². The second-order valence-corrected chi connectivity index (χ2v) is 6.97. The molecule has 2 aromatic rings. The van der Waals surface area contributed by atoms with Gasteiger partial charge in [-0.3, -0.25) is 4.79 Å². The van der Waals surface area contributed by atoms with Crippen molar-refractivity contribution in [3.8, 4) is 6.07 Å². The number of benzene rings is 2. The van der Waals surface area contributed by atoms with Gasteiger partial charge in [-0.1, -0.05) is 44.2 Å². The summed E-state index contributed by atoms with van der Waals surface area (Å²) in [6.45, 7) is 10.3. The van der Waals surface area contributed by atoms with Crippen molar-refractivity contribution in [3.05, 3.63) is 64.7 Å². The molecule has 2 aromatic carbocycles. The minimum Gasteiger partial charge on any atom is -0.372 e. The highest BCUT2D eigenvalue weighted by Crippen LogP contribution is 2.21. The van der Waals surface area contributed by atoms with Gasteiger partial charge in [0.25, 0.3) is 5.91 Å². The largest absolute Gasteiger partial charge is 0.372 e. The zero-order chi connectivity index (χ0) is 20.5. The Morgan fingerprint density at radius 3 is 2.11 bits per heavy atom. The fourth-order valence-corrected chi connectivity index (χ4v) is 3.20. The molecule has 4 nitrogen and oxygen atoms in total. The fraction of sp³-hybridized carbons (Fsp3) is 0.333. The molecular weight excluding hydrogens is 346 g/mol. The number of para-hydroxylation sites is 1. The van der Waals surface area contributed by atoms with Gasteiger partial charge in [0.15, 0.2) is 0 Å². The minimum atomic E-state index is -0.387. The number of hydrogen-bond acceptors (Lipinski definition) is 3. The van der Waals surface area contributed by atoms with E-state index in [4.69, 9.17) is 0 Å². The Morgan fingerprint density at radius 1 is 1.04 bits per heavy atom. The van der Waals surface area contributed by atoms with E-state index < -0.39 is 0 Å². The first-order chi connectivity index (χ1) is 13.5. The van der Waals surface area contributed by atoms with Gasteiger partial charge in [-0.15, -0.1) is 0 Å². The maximum absolute atomic E-state index is 12.6. The number of carbonyl (C=O) groups excluding carboxylic acids is 1. The van der Waals surface area contributed by atoms with Crippen LogP contribution in [0.5, 0.6) is 0 Å². The van der Waals surface area contributed by atoms with Crippen LogP contribution in [0.4, 0.5) is 11.4 Å². The molecule has 0 atom stereocenters. The first-order valence-electron chi connectivity index (χ1n) is 9.84. The number of nitrogens with zero attached hydrogens (tertiary/aromatic N) is 2. The van der Waals surface area contributed by atoms with Gasteiger partial charge >= 0.3 is 0 Å². The van der Waals surface area contributed by atoms with Crippen LogP contribution in [-0.4, -0.2) is 19.0 Å². The highest BCUT2D eigenvalue weighted by Gasteiger charge is 2.12. The second kappa shape index (κ2) is 10.3. The number of aryl methyl sites for hydroxylation is 2. The lowest BCUT2D eigenvalue weighted by molar-refractivity contribution is -0.112. The van der Waals surface area contributed by atoms with E-state index >= 15 is 0 Å². The summed E-state index contributed by atoms with van der Waals surface area (Å²) in [5.74, 6) is -0.387. The average molecular weight is 376 g/mol. The first kappa shape index (κ1) is 21.2. The lowest BCUT2D eigenvalue weighted by Crippen LogP contribution is -2.24. The summed E-state index contributed by atoms with van der Waals surface area (Å²) in [7, 11) is 0. The van der Waals surface area contributed by atoms with Crippen LogP contribution in [0.1, 0.15) is 43.4 Å². The van der Waals surface area contributed by atoms with Crippen molar-refractivity contribution in [2.45, 2.75) is 40.5 Å². The summed E-state index contributed by atoms with van der Waals surface area (Å²) < 4.78 is 0. The lowest BCUT2D eigenvalue weighted by atomic mass is 10.1. The van der Waals surface area contributed by atoms with Crippen LogP contribution in [0, 0.1) is 25.2 Å². The Bertz CT molecular complexity index is 849. The Morgan fingerprint density at radius 2 is 1.61 bits per heavy atom. The Hall–Kier alpha value is -3.06. The number of nitrogens with one attached hydrogen (secondary N) is 1. The summed E-state index contributed by atoms with van der Waals surface area (Å²) in [6.07, 6.45) is 3.83. The van der Waals surface area contributed by atoms with E-state index in [2.05, 4.69) is 36.2 Å². The zero-order valence-corrected chi connectivity index (χ0v) is 17.2. The van der Waals surface area contributed by atoms with Crippen LogP contribution in [0.15, 0.2) is 48.0 Å². The van der Waals surface area contributed by atoms with Crippen molar-refractivity contribution in [2.75, 3.05) is 23.3 Å². The molecule has 4 heteroatoms. The number of nitriles is 1. The predicted molar refractivity (Wildman–Crippen MR) is 117 cm³/mol. The summed E-state index contributed by atoms with van der Waals surface area (Å²) in [5.41, 5.74) is 4.81. The van der Waals surface area contributed by atoms with E-state index in [9.17, 15) is 10.1 Å². The number of amides is 1. The van der Waals surface area contributed by atoms with Gasteiger partial charge in [-0.05, 0) is 61.6 Å². The normalized spacial score (nSPS) is 11.0. The highest BCUT2D eigenvalue weighted by molar-refractivity contribution is 6.10. The maximum Gasteiger partial charge on any atom is 0.266 e. The number of carbonyl (C=O) groups is 1. The molecule has 0 aliphatic carbocycles. The Balaban J connectivity index is 2.19. The summed E-state index contributed by atoms with van der Waals surface area (Å²) in [5, 5.41) is 12.3. The Kier molecular flexibility index (Phi) is 7.83. The molecule has 0 aromatic heterocycles. The second-order valence-electron chi connectivity index (χ2n) is 6.97. The molecule has 0 aliphatic rings. The number of hydrogen-bond donors (Lipinski definition) is 1. The molecule has 0 bridgehead atoms. The highest BCUT2D eigenvalue weighted by atomic mass is 16.1. The molecule has 0 radical (unpaired) electrons.